The zero-order valence-electron chi connectivity index (χ0n) is 14.5. The van der Waals surface area contributed by atoms with Crippen molar-refractivity contribution in [3.05, 3.63) is 30.7 Å². The number of nitrogens with one attached hydrogen (secondary N) is 2. The molecule has 2 fully saturated rings. The van der Waals surface area contributed by atoms with Gasteiger partial charge in [0.05, 0.1) is 17.5 Å². The summed E-state index contributed by atoms with van der Waals surface area (Å²) < 4.78 is 5.47. The van der Waals surface area contributed by atoms with E-state index in [4.69, 9.17) is 4.74 Å². The van der Waals surface area contributed by atoms with Crippen molar-refractivity contribution in [2.24, 2.45) is 0 Å². The lowest BCUT2D eigenvalue weighted by Gasteiger charge is -2.23. The number of aromatic nitrogens is 3. The Labute approximate surface area is 151 Å². The van der Waals surface area contributed by atoms with E-state index in [0.717, 1.165) is 37.1 Å². The number of aliphatic hydroxyl groups is 1. The molecule has 1 amide bonds. The van der Waals surface area contributed by atoms with Crippen LogP contribution >= 0.6 is 0 Å². The van der Waals surface area contributed by atoms with Gasteiger partial charge in [-0.05, 0) is 30.4 Å². The van der Waals surface area contributed by atoms with Gasteiger partial charge in [-0.2, -0.15) is 0 Å². The van der Waals surface area contributed by atoms with Crippen LogP contribution in [0.4, 0.5) is 5.82 Å². The molecule has 2 aliphatic rings. The van der Waals surface area contributed by atoms with E-state index in [9.17, 15) is 9.90 Å². The fourth-order valence-electron chi connectivity index (χ4n) is 3.84. The van der Waals surface area contributed by atoms with Crippen LogP contribution in [-0.2, 0) is 9.53 Å². The summed E-state index contributed by atoms with van der Waals surface area (Å²) >= 11 is 0. The van der Waals surface area contributed by atoms with E-state index < -0.39 is 6.10 Å². The molecule has 0 unspecified atom stereocenters. The van der Waals surface area contributed by atoms with Crippen LogP contribution in [0, 0.1) is 0 Å². The molecule has 2 atom stereocenters. The minimum atomic E-state index is -0.658. The van der Waals surface area contributed by atoms with Crippen LogP contribution in [0.2, 0.25) is 0 Å². The molecule has 0 aromatic carbocycles. The molecule has 2 aromatic rings. The molecule has 0 spiro atoms. The second kappa shape index (κ2) is 7.05. The molecular weight excluding hydrogens is 334 g/mol. The minimum absolute atomic E-state index is 0.175. The summed E-state index contributed by atoms with van der Waals surface area (Å²) in [6.45, 7) is 5.72. The molecular formula is C18H23N5O3. The molecule has 0 radical (unpaired) electrons. The molecule has 26 heavy (non-hydrogen) atoms. The Hall–Kier alpha value is -2.45. The topological polar surface area (TPSA) is 103 Å². The van der Waals surface area contributed by atoms with Gasteiger partial charge in [0.25, 0.3) is 0 Å². The van der Waals surface area contributed by atoms with Gasteiger partial charge in [-0.15, -0.1) is 0 Å². The summed E-state index contributed by atoms with van der Waals surface area (Å²) in [6.07, 6.45) is 6.05. The molecule has 4 rings (SSSR count). The monoisotopic (exact) mass is 357 g/mol. The number of likely N-dealkylation sites (tertiary alicyclic amines) is 1. The number of anilines is 1. The molecule has 8 heteroatoms. The SMILES string of the molecule is C=CC(=O)N1C[C@@H](O)[C@@H](Nc2ncnc3[nH]cc(C4CCOCC4)c23)C1. The number of ether oxygens (including phenoxy) is 1. The zero-order valence-corrected chi connectivity index (χ0v) is 14.5. The number of carbonyl (C=O) groups is 1. The van der Waals surface area contributed by atoms with E-state index in [2.05, 4.69) is 26.8 Å². The van der Waals surface area contributed by atoms with Gasteiger partial charge in [0.15, 0.2) is 0 Å². The van der Waals surface area contributed by atoms with Crippen LogP contribution < -0.4 is 5.32 Å². The third kappa shape index (κ3) is 3.06. The summed E-state index contributed by atoms with van der Waals surface area (Å²) in [5.41, 5.74) is 1.95. The van der Waals surface area contributed by atoms with Crippen LogP contribution in [0.3, 0.4) is 0 Å². The van der Waals surface area contributed by atoms with E-state index in [0.29, 0.717) is 18.3 Å². The van der Waals surface area contributed by atoms with Gasteiger partial charge in [-0.25, -0.2) is 9.97 Å². The first-order valence-electron chi connectivity index (χ1n) is 8.93. The largest absolute Gasteiger partial charge is 0.389 e. The summed E-state index contributed by atoms with van der Waals surface area (Å²) in [5, 5.41) is 14.6. The number of rotatable bonds is 4. The first-order valence-corrected chi connectivity index (χ1v) is 8.93. The summed E-state index contributed by atoms with van der Waals surface area (Å²) in [4.78, 5) is 25.4. The normalized spacial score (nSPS) is 24.1. The first-order chi connectivity index (χ1) is 12.7. The fourth-order valence-corrected chi connectivity index (χ4v) is 3.84. The Morgan fingerprint density at radius 3 is 2.96 bits per heavy atom. The van der Waals surface area contributed by atoms with Crippen LogP contribution in [0.25, 0.3) is 11.0 Å². The summed E-state index contributed by atoms with van der Waals surface area (Å²) in [7, 11) is 0. The van der Waals surface area contributed by atoms with Crippen LogP contribution in [-0.4, -0.2) is 69.3 Å². The third-order valence-corrected chi connectivity index (χ3v) is 5.26. The highest BCUT2D eigenvalue weighted by atomic mass is 16.5. The maximum Gasteiger partial charge on any atom is 0.246 e. The number of nitrogens with zero attached hydrogens (tertiary/aromatic N) is 3. The van der Waals surface area contributed by atoms with Crippen LogP contribution in [0.1, 0.15) is 24.3 Å². The molecule has 2 aliphatic heterocycles. The van der Waals surface area contributed by atoms with Crippen molar-refractivity contribution in [3.63, 3.8) is 0 Å². The average molecular weight is 357 g/mol. The van der Waals surface area contributed by atoms with E-state index >= 15 is 0 Å². The van der Waals surface area contributed by atoms with Gasteiger partial charge >= 0.3 is 0 Å². The quantitative estimate of drug-likeness (QED) is 0.706. The molecule has 138 valence electrons. The second-order valence-electron chi connectivity index (χ2n) is 6.84. The van der Waals surface area contributed by atoms with Crippen molar-refractivity contribution in [3.8, 4) is 0 Å². The predicted octanol–water partition coefficient (Wildman–Crippen LogP) is 1.02. The number of aliphatic hydroxyl groups excluding tert-OH is 1. The van der Waals surface area contributed by atoms with Crippen molar-refractivity contribution in [2.75, 3.05) is 31.6 Å². The first kappa shape index (κ1) is 17.0. The van der Waals surface area contributed by atoms with Crippen molar-refractivity contribution in [1.29, 1.82) is 0 Å². The second-order valence-corrected chi connectivity index (χ2v) is 6.84. The maximum absolute atomic E-state index is 11.8. The number of aromatic amines is 1. The smallest absolute Gasteiger partial charge is 0.246 e. The Balaban J connectivity index is 1.61. The number of hydrogen-bond acceptors (Lipinski definition) is 6. The number of H-pyrrole nitrogens is 1. The highest BCUT2D eigenvalue weighted by Crippen LogP contribution is 2.35. The molecule has 0 aliphatic carbocycles. The number of carbonyl (C=O) groups excluding carboxylic acids is 1. The van der Waals surface area contributed by atoms with Gasteiger partial charge in [0.1, 0.15) is 17.8 Å². The van der Waals surface area contributed by atoms with E-state index in [-0.39, 0.29) is 18.5 Å². The number of fused-ring (bicyclic) bond motifs is 1. The number of amides is 1. The number of hydrogen-bond donors (Lipinski definition) is 3. The van der Waals surface area contributed by atoms with Gasteiger partial charge in [0.2, 0.25) is 5.91 Å². The van der Waals surface area contributed by atoms with Crippen molar-refractivity contribution >= 4 is 22.8 Å². The van der Waals surface area contributed by atoms with Gasteiger partial charge in [0, 0.05) is 32.5 Å². The van der Waals surface area contributed by atoms with Crippen LogP contribution in [0.5, 0.6) is 0 Å². The van der Waals surface area contributed by atoms with Gasteiger partial charge in [-0.1, -0.05) is 6.58 Å². The van der Waals surface area contributed by atoms with Crippen molar-refractivity contribution in [2.45, 2.75) is 30.9 Å². The maximum atomic E-state index is 11.8. The van der Waals surface area contributed by atoms with Crippen LogP contribution in [0.15, 0.2) is 25.2 Å². The number of β-amino-alcohol motifs (C(OH)–C–C–N with tert-alkyl or cyclic N) is 1. The fraction of sp³-hybridized carbons (Fsp3) is 0.500. The zero-order chi connectivity index (χ0) is 18.1. The lowest BCUT2D eigenvalue weighted by Crippen LogP contribution is -2.33. The molecule has 3 N–H and O–H groups in total. The summed E-state index contributed by atoms with van der Waals surface area (Å²) in [5.74, 6) is 0.914. The lowest BCUT2D eigenvalue weighted by molar-refractivity contribution is -0.125. The van der Waals surface area contributed by atoms with Gasteiger partial charge in [-0.3, -0.25) is 4.79 Å². The highest BCUT2D eigenvalue weighted by molar-refractivity contribution is 5.91. The molecule has 0 saturated carbocycles. The summed E-state index contributed by atoms with van der Waals surface area (Å²) in [6, 6.07) is -0.283. The molecule has 2 aromatic heterocycles. The van der Waals surface area contributed by atoms with Crippen molar-refractivity contribution in [1.82, 2.24) is 19.9 Å². The van der Waals surface area contributed by atoms with E-state index in [1.807, 2.05) is 6.20 Å². The molecule has 4 heterocycles. The third-order valence-electron chi connectivity index (χ3n) is 5.26. The van der Waals surface area contributed by atoms with E-state index in [1.165, 1.54) is 18.0 Å². The lowest BCUT2D eigenvalue weighted by atomic mass is 9.92. The molecule has 8 nitrogen and oxygen atoms in total. The Kier molecular flexibility index (Phi) is 4.60. The standard InChI is InChI=1S/C18H23N5O3/c1-2-15(25)23-8-13(14(24)9-23)22-18-16-12(11-3-5-26-6-4-11)7-19-17(16)20-10-21-18/h2,7,10-11,13-14,24H,1,3-6,8-9H2,(H2,19,20,21,22)/t13-,14+/m0/s1. The predicted molar refractivity (Wildman–Crippen MR) is 96.9 cm³/mol. The average Bonchev–Trinajstić information content (AvgIpc) is 3.26. The Morgan fingerprint density at radius 2 is 2.19 bits per heavy atom. The molecule has 0 bridgehead atoms. The van der Waals surface area contributed by atoms with E-state index in [1.54, 1.807) is 4.90 Å². The Bertz CT molecular complexity index is 814. The molecule has 2 saturated heterocycles. The Morgan fingerprint density at radius 1 is 1.38 bits per heavy atom. The van der Waals surface area contributed by atoms with Gasteiger partial charge < -0.3 is 25.0 Å². The van der Waals surface area contributed by atoms with Crippen molar-refractivity contribution < 1.29 is 14.6 Å². The minimum Gasteiger partial charge on any atom is -0.389 e. The highest BCUT2D eigenvalue weighted by Gasteiger charge is 2.34.